The van der Waals surface area contributed by atoms with Crippen LogP contribution in [-0.2, 0) is 0 Å². The molecule has 0 aromatic heterocycles. The van der Waals surface area contributed by atoms with Gasteiger partial charge in [0.05, 0.1) is 0 Å². The Morgan fingerprint density at radius 2 is 0.515 bits per heavy atom. The molecular formula is C32H20B-. The van der Waals surface area contributed by atoms with E-state index < -0.39 is 6.15 Å². The smallest absolute Gasteiger partial charge is 0.265 e. The van der Waals surface area contributed by atoms with Crippen molar-refractivity contribution in [3.8, 4) is 47.0 Å². The minimum atomic E-state index is -1.96. The Balaban J connectivity index is 1.88. The van der Waals surface area contributed by atoms with Gasteiger partial charge in [-0.1, -0.05) is 72.8 Å². The Labute approximate surface area is 196 Å². The molecule has 0 atom stereocenters. The van der Waals surface area contributed by atoms with Gasteiger partial charge >= 0.3 is 0 Å². The molecule has 0 nitrogen and oxygen atoms in total. The van der Waals surface area contributed by atoms with Gasteiger partial charge in [-0.05, 0) is 48.5 Å². The third-order valence-electron chi connectivity index (χ3n) is 4.83. The van der Waals surface area contributed by atoms with E-state index >= 15 is 0 Å². The molecule has 152 valence electrons. The molecule has 0 fully saturated rings. The summed E-state index contributed by atoms with van der Waals surface area (Å²) < 4.78 is 0. The summed E-state index contributed by atoms with van der Waals surface area (Å²) in [5.41, 5.74) is 3.64. The summed E-state index contributed by atoms with van der Waals surface area (Å²) in [5.74, 6) is 26.5. The van der Waals surface area contributed by atoms with E-state index in [9.17, 15) is 0 Å². The van der Waals surface area contributed by atoms with E-state index in [1.807, 2.05) is 121 Å². The van der Waals surface area contributed by atoms with Gasteiger partial charge in [-0.2, -0.15) is 0 Å². The molecule has 4 rings (SSSR count). The summed E-state index contributed by atoms with van der Waals surface area (Å²) in [6.07, 6.45) is -1.96. The van der Waals surface area contributed by atoms with Gasteiger partial charge in [0.25, 0.3) is 6.15 Å². The van der Waals surface area contributed by atoms with Crippen molar-refractivity contribution in [2.75, 3.05) is 0 Å². The van der Waals surface area contributed by atoms with Crippen LogP contribution >= 0.6 is 0 Å². The molecule has 0 amide bonds. The number of hydrogen-bond donors (Lipinski definition) is 0. The summed E-state index contributed by atoms with van der Waals surface area (Å²) in [7, 11) is 0. The first kappa shape index (κ1) is 21.4. The normalized spacial score (nSPS) is 9.45. The molecule has 4 aromatic carbocycles. The molecular weight excluding hydrogens is 395 g/mol. The maximum absolute atomic E-state index is 3.35. The summed E-state index contributed by atoms with van der Waals surface area (Å²) >= 11 is 0. The molecule has 33 heavy (non-hydrogen) atoms. The van der Waals surface area contributed by atoms with Crippen molar-refractivity contribution in [2.24, 2.45) is 0 Å². The van der Waals surface area contributed by atoms with Crippen LogP contribution in [0.3, 0.4) is 0 Å². The van der Waals surface area contributed by atoms with Crippen LogP contribution in [0.1, 0.15) is 22.3 Å². The van der Waals surface area contributed by atoms with Crippen LogP contribution < -0.4 is 0 Å². The highest BCUT2D eigenvalue weighted by atomic mass is 13.9. The standard InChI is InChI=1S/C32H20B/c1-5-13-29(14-6-1)21-25-33(26-22-30-15-7-2-8-16-30,27-23-31-17-9-3-10-18-31)28-24-32-19-11-4-12-20-32/h1-20H/q-1. The summed E-state index contributed by atoms with van der Waals surface area (Å²) in [6.45, 7) is 0. The molecule has 1 heteroatoms. The lowest BCUT2D eigenvalue weighted by Gasteiger charge is -2.16. The van der Waals surface area contributed by atoms with Gasteiger partial charge in [-0.3, -0.25) is 23.3 Å². The SMILES string of the molecule is C(#C[B-](C#Cc1ccccc1)(C#Cc1ccccc1)C#Cc1ccccc1)c1ccccc1. The van der Waals surface area contributed by atoms with Gasteiger partial charge in [0, 0.05) is 22.3 Å². The van der Waals surface area contributed by atoms with E-state index in [-0.39, 0.29) is 0 Å². The van der Waals surface area contributed by atoms with Crippen molar-refractivity contribution in [2.45, 2.75) is 0 Å². The van der Waals surface area contributed by atoms with Crippen LogP contribution in [0, 0.1) is 47.0 Å². The molecule has 0 N–H and O–H groups in total. The van der Waals surface area contributed by atoms with Crippen molar-refractivity contribution in [1.29, 1.82) is 0 Å². The molecule has 0 aliphatic carbocycles. The average molecular weight is 415 g/mol. The van der Waals surface area contributed by atoms with Crippen LogP contribution in [0.2, 0.25) is 0 Å². The van der Waals surface area contributed by atoms with Crippen molar-refractivity contribution in [3.05, 3.63) is 144 Å². The zero-order valence-electron chi connectivity index (χ0n) is 18.1. The fourth-order valence-corrected chi connectivity index (χ4v) is 3.07. The van der Waals surface area contributed by atoms with E-state index in [1.54, 1.807) is 0 Å². The van der Waals surface area contributed by atoms with Gasteiger partial charge in [-0.25, -0.2) is 0 Å². The third kappa shape index (κ3) is 6.58. The van der Waals surface area contributed by atoms with Crippen LogP contribution in [0.4, 0.5) is 0 Å². The summed E-state index contributed by atoms with van der Waals surface area (Å²) in [5, 5.41) is 0. The Morgan fingerprint density at radius 3 is 0.727 bits per heavy atom. The van der Waals surface area contributed by atoms with Gasteiger partial charge in [0.1, 0.15) is 0 Å². The summed E-state index contributed by atoms with van der Waals surface area (Å²) in [4.78, 5) is 0. The van der Waals surface area contributed by atoms with Gasteiger partial charge in [-0.15, -0.1) is 23.7 Å². The molecule has 0 bridgehead atoms. The lowest BCUT2D eigenvalue weighted by Crippen LogP contribution is -2.29. The Bertz CT molecular complexity index is 1210. The van der Waals surface area contributed by atoms with E-state index in [0.29, 0.717) is 0 Å². The monoisotopic (exact) mass is 415 g/mol. The quantitative estimate of drug-likeness (QED) is 0.252. The van der Waals surface area contributed by atoms with Crippen LogP contribution in [-0.4, -0.2) is 6.15 Å². The first-order valence-electron chi connectivity index (χ1n) is 10.8. The van der Waals surface area contributed by atoms with Crippen LogP contribution in [0.15, 0.2) is 121 Å². The zero-order chi connectivity index (χ0) is 22.6. The lowest BCUT2D eigenvalue weighted by atomic mass is 9.27. The van der Waals surface area contributed by atoms with Gasteiger partial charge in [0.2, 0.25) is 0 Å². The second-order valence-corrected chi connectivity index (χ2v) is 7.41. The predicted molar refractivity (Wildman–Crippen MR) is 139 cm³/mol. The Morgan fingerprint density at radius 1 is 0.303 bits per heavy atom. The van der Waals surface area contributed by atoms with E-state index in [4.69, 9.17) is 0 Å². The summed E-state index contributed by atoms with van der Waals surface area (Å²) in [6, 6.07) is 39.5. The van der Waals surface area contributed by atoms with E-state index in [2.05, 4.69) is 47.0 Å². The molecule has 0 radical (unpaired) electrons. The van der Waals surface area contributed by atoms with Crippen molar-refractivity contribution in [3.63, 3.8) is 0 Å². The largest absolute Gasteiger partial charge is 0.272 e. The van der Waals surface area contributed by atoms with E-state index in [1.165, 1.54) is 0 Å². The predicted octanol–water partition coefficient (Wildman–Crippen LogP) is 5.80. The lowest BCUT2D eigenvalue weighted by molar-refractivity contribution is 1.65. The fourth-order valence-electron chi connectivity index (χ4n) is 3.07. The average Bonchev–Trinajstić information content (AvgIpc) is 2.90. The molecule has 0 heterocycles. The Hall–Kier alpha value is -4.82. The highest BCUT2D eigenvalue weighted by Gasteiger charge is 2.13. The van der Waals surface area contributed by atoms with Gasteiger partial charge < -0.3 is 0 Å². The van der Waals surface area contributed by atoms with Crippen molar-refractivity contribution in [1.82, 2.24) is 0 Å². The molecule has 0 saturated heterocycles. The van der Waals surface area contributed by atoms with Crippen molar-refractivity contribution < 1.29 is 0 Å². The second-order valence-electron chi connectivity index (χ2n) is 7.41. The minimum Gasteiger partial charge on any atom is -0.265 e. The maximum atomic E-state index is 3.35. The second kappa shape index (κ2) is 11.0. The number of rotatable bonds is 0. The zero-order valence-corrected chi connectivity index (χ0v) is 18.1. The van der Waals surface area contributed by atoms with Gasteiger partial charge in [0.15, 0.2) is 0 Å². The highest BCUT2D eigenvalue weighted by Crippen LogP contribution is 2.06. The van der Waals surface area contributed by atoms with E-state index in [0.717, 1.165) is 22.3 Å². The topological polar surface area (TPSA) is 0 Å². The number of benzene rings is 4. The van der Waals surface area contributed by atoms with Crippen molar-refractivity contribution >= 4 is 6.15 Å². The molecule has 0 spiro atoms. The fraction of sp³-hybridized carbons (Fsp3) is 0. The molecule has 0 saturated carbocycles. The third-order valence-corrected chi connectivity index (χ3v) is 4.83. The van der Waals surface area contributed by atoms with Crippen LogP contribution in [0.5, 0.6) is 0 Å². The molecule has 0 unspecified atom stereocenters. The molecule has 0 aliphatic rings. The maximum Gasteiger partial charge on any atom is 0.272 e. The first-order chi connectivity index (χ1) is 16.3. The number of hydrogen-bond acceptors (Lipinski definition) is 0. The first-order valence-corrected chi connectivity index (χ1v) is 10.8. The molecule has 0 aliphatic heterocycles. The minimum absolute atomic E-state index is 0.910. The van der Waals surface area contributed by atoms with Crippen LogP contribution in [0.25, 0.3) is 0 Å². The molecule has 4 aromatic rings. The highest BCUT2D eigenvalue weighted by molar-refractivity contribution is 7.06. The Kier molecular flexibility index (Phi) is 7.13.